The van der Waals surface area contributed by atoms with Crippen molar-refractivity contribution in [3.05, 3.63) is 81.6 Å². The van der Waals surface area contributed by atoms with E-state index in [2.05, 4.69) is 0 Å². The van der Waals surface area contributed by atoms with Crippen LogP contribution in [0.4, 0.5) is 5.69 Å². The van der Waals surface area contributed by atoms with Gasteiger partial charge in [0, 0.05) is 10.4 Å². The van der Waals surface area contributed by atoms with E-state index in [1.165, 1.54) is 22.3 Å². The molecule has 2 heterocycles. The number of nitrogens with zero attached hydrogens (tertiary/aromatic N) is 1. The van der Waals surface area contributed by atoms with Gasteiger partial charge >= 0.3 is 0 Å². The highest BCUT2D eigenvalue weighted by Gasteiger charge is 2.48. The van der Waals surface area contributed by atoms with E-state index in [4.69, 9.17) is 4.74 Å². The average molecular weight is 436 g/mol. The molecule has 1 aliphatic heterocycles. The summed E-state index contributed by atoms with van der Waals surface area (Å²) >= 11 is 1.36. The average Bonchev–Trinajstić information content (AvgIpc) is 3.37. The van der Waals surface area contributed by atoms with Crippen LogP contribution in [0.3, 0.4) is 0 Å². The van der Waals surface area contributed by atoms with Gasteiger partial charge in [-0.1, -0.05) is 24.3 Å². The molecule has 1 saturated heterocycles. The Morgan fingerprint density at radius 3 is 2.65 bits per heavy atom. The molecule has 2 aromatic carbocycles. The maximum atomic E-state index is 13.1. The molecule has 1 fully saturated rings. The molecule has 31 heavy (non-hydrogen) atoms. The second-order valence-corrected chi connectivity index (χ2v) is 8.12. The molecule has 7 heteroatoms. The van der Waals surface area contributed by atoms with E-state index in [0.29, 0.717) is 22.8 Å². The Balaban J connectivity index is 1.92. The van der Waals surface area contributed by atoms with Crippen LogP contribution in [-0.4, -0.2) is 28.5 Å². The molecule has 0 aliphatic carbocycles. The fourth-order valence-electron chi connectivity index (χ4n) is 3.68. The Morgan fingerprint density at radius 2 is 1.94 bits per heavy atom. The summed E-state index contributed by atoms with van der Waals surface area (Å²) in [7, 11) is 0. The number of aliphatic hydroxyl groups excluding tert-OH is 1. The molecular weight excluding hydrogens is 414 g/mol. The highest BCUT2D eigenvalue weighted by Crippen LogP contribution is 2.46. The lowest BCUT2D eigenvalue weighted by Crippen LogP contribution is -2.29. The third-order valence-corrected chi connectivity index (χ3v) is 5.99. The number of anilines is 1. The summed E-state index contributed by atoms with van der Waals surface area (Å²) < 4.78 is 5.50. The lowest BCUT2D eigenvalue weighted by Gasteiger charge is -2.25. The van der Waals surface area contributed by atoms with Crippen LogP contribution >= 0.6 is 11.3 Å². The Kier molecular flexibility index (Phi) is 5.52. The molecule has 0 bridgehead atoms. The first-order chi connectivity index (χ1) is 14.9. The SMILES string of the molecule is CCOc1cccc(/C(O)=C2/C(=O)C(=O)N(c3cc(C)ccc3O)C2c2cccs2)c1. The highest BCUT2D eigenvalue weighted by molar-refractivity contribution is 7.10. The zero-order chi connectivity index (χ0) is 22.1. The summed E-state index contributed by atoms with van der Waals surface area (Å²) in [6, 6.07) is 14.3. The molecule has 158 valence electrons. The van der Waals surface area contributed by atoms with Gasteiger partial charge in [0.05, 0.1) is 17.9 Å². The summed E-state index contributed by atoms with van der Waals surface area (Å²) in [5, 5.41) is 23.4. The molecule has 1 aliphatic rings. The van der Waals surface area contributed by atoms with Crippen molar-refractivity contribution >= 4 is 34.5 Å². The molecule has 1 aromatic heterocycles. The van der Waals surface area contributed by atoms with E-state index in [0.717, 1.165) is 5.56 Å². The fraction of sp³-hybridized carbons (Fsp3) is 0.167. The zero-order valence-corrected chi connectivity index (χ0v) is 17.8. The number of thiophene rings is 1. The van der Waals surface area contributed by atoms with Crippen molar-refractivity contribution in [2.45, 2.75) is 19.9 Å². The van der Waals surface area contributed by atoms with Crippen LogP contribution in [0.2, 0.25) is 0 Å². The van der Waals surface area contributed by atoms with Gasteiger partial charge in [0.25, 0.3) is 11.7 Å². The molecular formula is C24H21NO5S. The number of ether oxygens (including phenoxy) is 1. The van der Waals surface area contributed by atoms with Crippen molar-refractivity contribution in [2.75, 3.05) is 11.5 Å². The van der Waals surface area contributed by atoms with E-state index in [-0.39, 0.29) is 22.8 Å². The monoisotopic (exact) mass is 435 g/mol. The third kappa shape index (κ3) is 3.68. The number of hydrogen-bond acceptors (Lipinski definition) is 6. The standard InChI is InChI=1S/C24H21NO5S/c1-3-30-16-7-4-6-15(13-16)22(27)20-21(19-8-5-11-31-19)25(24(29)23(20)28)17-12-14(2)9-10-18(17)26/h4-13,21,26-27H,3H2,1-2H3/b22-20-. The van der Waals surface area contributed by atoms with Gasteiger partial charge in [-0.2, -0.15) is 0 Å². The summed E-state index contributed by atoms with van der Waals surface area (Å²) in [6.07, 6.45) is 0. The zero-order valence-electron chi connectivity index (χ0n) is 17.0. The van der Waals surface area contributed by atoms with Crippen LogP contribution in [0, 0.1) is 6.92 Å². The van der Waals surface area contributed by atoms with Gasteiger partial charge < -0.3 is 14.9 Å². The normalized spacial score (nSPS) is 17.9. The van der Waals surface area contributed by atoms with Gasteiger partial charge in [-0.15, -0.1) is 11.3 Å². The van der Waals surface area contributed by atoms with Crippen LogP contribution in [-0.2, 0) is 9.59 Å². The van der Waals surface area contributed by atoms with Crippen LogP contribution in [0.15, 0.2) is 65.6 Å². The predicted octanol–water partition coefficient (Wildman–Crippen LogP) is 4.79. The van der Waals surface area contributed by atoms with Gasteiger partial charge in [-0.25, -0.2) is 0 Å². The number of phenolic OH excluding ortho intramolecular Hbond substituents is 1. The van der Waals surface area contributed by atoms with Gasteiger partial charge in [-0.3, -0.25) is 14.5 Å². The first kappa shape index (κ1) is 20.7. The largest absolute Gasteiger partial charge is 0.507 e. The first-order valence-corrected chi connectivity index (χ1v) is 10.7. The highest BCUT2D eigenvalue weighted by atomic mass is 32.1. The van der Waals surface area contributed by atoms with E-state index < -0.39 is 17.7 Å². The van der Waals surface area contributed by atoms with Gasteiger partial charge in [-0.05, 0) is 55.1 Å². The lowest BCUT2D eigenvalue weighted by molar-refractivity contribution is -0.132. The second kappa shape index (κ2) is 8.28. The Bertz CT molecular complexity index is 1180. The molecule has 1 amide bonds. The Labute approximate surface area is 183 Å². The fourth-order valence-corrected chi connectivity index (χ4v) is 4.50. The minimum absolute atomic E-state index is 0.0259. The van der Waals surface area contributed by atoms with Crippen molar-refractivity contribution in [3.63, 3.8) is 0 Å². The topological polar surface area (TPSA) is 87.1 Å². The van der Waals surface area contributed by atoms with Crippen molar-refractivity contribution in [2.24, 2.45) is 0 Å². The van der Waals surface area contributed by atoms with Crippen molar-refractivity contribution < 1.29 is 24.5 Å². The number of benzene rings is 2. The minimum Gasteiger partial charge on any atom is -0.507 e. The quantitative estimate of drug-likeness (QED) is 0.342. The number of rotatable bonds is 5. The van der Waals surface area contributed by atoms with E-state index in [1.54, 1.807) is 42.5 Å². The lowest BCUT2D eigenvalue weighted by atomic mass is 9.99. The van der Waals surface area contributed by atoms with Crippen LogP contribution < -0.4 is 9.64 Å². The number of carbonyl (C=O) groups excluding carboxylic acids is 2. The number of amides is 1. The smallest absolute Gasteiger partial charge is 0.300 e. The van der Waals surface area contributed by atoms with Gasteiger partial charge in [0.15, 0.2) is 0 Å². The van der Waals surface area contributed by atoms with Crippen LogP contribution in [0.1, 0.15) is 29.0 Å². The minimum atomic E-state index is -0.858. The number of ketones is 1. The maximum Gasteiger partial charge on any atom is 0.300 e. The maximum absolute atomic E-state index is 13.1. The summed E-state index contributed by atoms with van der Waals surface area (Å²) in [6.45, 7) is 4.14. The third-order valence-electron chi connectivity index (χ3n) is 5.07. The van der Waals surface area contributed by atoms with Gasteiger partial charge in [0.1, 0.15) is 23.3 Å². The Morgan fingerprint density at radius 1 is 1.13 bits per heavy atom. The molecule has 0 radical (unpaired) electrons. The van der Waals surface area contributed by atoms with E-state index in [1.807, 2.05) is 25.3 Å². The van der Waals surface area contributed by atoms with E-state index >= 15 is 0 Å². The molecule has 1 atom stereocenters. The predicted molar refractivity (Wildman–Crippen MR) is 120 cm³/mol. The Hall–Kier alpha value is -3.58. The first-order valence-electron chi connectivity index (χ1n) is 9.79. The number of aromatic hydroxyl groups is 1. The van der Waals surface area contributed by atoms with Gasteiger partial charge in [0.2, 0.25) is 0 Å². The number of carbonyl (C=O) groups is 2. The second-order valence-electron chi connectivity index (χ2n) is 7.14. The summed E-state index contributed by atoms with van der Waals surface area (Å²) in [5.41, 5.74) is 1.40. The van der Waals surface area contributed by atoms with Crippen molar-refractivity contribution in [3.8, 4) is 11.5 Å². The van der Waals surface area contributed by atoms with Crippen molar-refractivity contribution in [1.29, 1.82) is 0 Å². The molecule has 0 spiro atoms. The molecule has 1 unspecified atom stereocenters. The summed E-state index contributed by atoms with van der Waals surface area (Å²) in [4.78, 5) is 28.1. The summed E-state index contributed by atoms with van der Waals surface area (Å²) in [5.74, 6) is -1.47. The molecule has 0 saturated carbocycles. The number of phenols is 1. The number of hydrogen-bond donors (Lipinski definition) is 2. The molecule has 4 rings (SSSR count). The van der Waals surface area contributed by atoms with Crippen LogP contribution in [0.5, 0.6) is 11.5 Å². The molecule has 2 N–H and O–H groups in total. The van der Waals surface area contributed by atoms with Crippen LogP contribution in [0.25, 0.3) is 5.76 Å². The van der Waals surface area contributed by atoms with Crippen molar-refractivity contribution in [1.82, 2.24) is 0 Å². The molecule has 3 aromatic rings. The number of aliphatic hydroxyl groups is 1. The van der Waals surface area contributed by atoms with E-state index in [9.17, 15) is 19.8 Å². The number of aryl methyl sites for hydroxylation is 1. The molecule has 6 nitrogen and oxygen atoms in total. The number of Topliss-reactive ketones (excluding diaryl/α,β-unsaturated/α-hetero) is 1.